The third-order valence-electron chi connectivity index (χ3n) is 5.89. The molecular formula is C26H21FN2O3. The summed E-state index contributed by atoms with van der Waals surface area (Å²) >= 11 is 0. The quantitative estimate of drug-likeness (QED) is 0.546. The molecule has 1 heterocycles. The zero-order valence-corrected chi connectivity index (χ0v) is 17.3. The second-order valence-electron chi connectivity index (χ2n) is 8.24. The predicted molar refractivity (Wildman–Crippen MR) is 116 cm³/mol. The lowest BCUT2D eigenvalue weighted by Crippen LogP contribution is -2.32. The standard InChI is InChI=1S/C26H21FN2O3/c27-20-8-4-7-18(13-20)16-28(21-10-11-21)24(30)19-9-12-22-23(14-19)26(32)29(25(22)31)15-17-5-2-1-3-6-17/h1-9,12-14,21H,10-11,15-16H2. The summed E-state index contributed by atoms with van der Waals surface area (Å²) in [4.78, 5) is 42.0. The first-order valence-electron chi connectivity index (χ1n) is 10.6. The van der Waals surface area contributed by atoms with Crippen LogP contribution in [0.25, 0.3) is 0 Å². The first-order valence-corrected chi connectivity index (χ1v) is 10.6. The van der Waals surface area contributed by atoms with Gasteiger partial charge in [0.05, 0.1) is 17.7 Å². The Balaban J connectivity index is 1.40. The van der Waals surface area contributed by atoms with Gasteiger partial charge in [-0.15, -0.1) is 0 Å². The van der Waals surface area contributed by atoms with Gasteiger partial charge in [0.25, 0.3) is 17.7 Å². The highest BCUT2D eigenvalue weighted by atomic mass is 19.1. The number of benzene rings is 3. The van der Waals surface area contributed by atoms with Crippen molar-refractivity contribution in [2.75, 3.05) is 0 Å². The molecule has 32 heavy (non-hydrogen) atoms. The predicted octanol–water partition coefficient (Wildman–Crippen LogP) is 4.43. The van der Waals surface area contributed by atoms with Gasteiger partial charge in [0, 0.05) is 18.2 Å². The SMILES string of the molecule is O=C1c2ccc(C(=O)N(Cc3cccc(F)c3)C3CC3)cc2C(=O)N1Cc1ccccc1. The van der Waals surface area contributed by atoms with Crippen molar-refractivity contribution in [3.63, 3.8) is 0 Å². The average Bonchev–Trinajstić information content (AvgIpc) is 3.62. The fraction of sp³-hybridized carbons (Fsp3) is 0.192. The van der Waals surface area contributed by atoms with E-state index in [-0.39, 0.29) is 35.8 Å². The van der Waals surface area contributed by atoms with Crippen LogP contribution in [0.1, 0.15) is 55.0 Å². The van der Waals surface area contributed by atoms with E-state index >= 15 is 0 Å². The third-order valence-corrected chi connectivity index (χ3v) is 5.89. The van der Waals surface area contributed by atoms with E-state index in [4.69, 9.17) is 0 Å². The molecule has 0 N–H and O–H groups in total. The fourth-order valence-electron chi connectivity index (χ4n) is 4.08. The van der Waals surface area contributed by atoms with Crippen LogP contribution in [0.2, 0.25) is 0 Å². The van der Waals surface area contributed by atoms with E-state index in [1.165, 1.54) is 23.1 Å². The first kappa shape index (κ1) is 20.1. The molecule has 6 heteroatoms. The molecule has 1 aliphatic heterocycles. The van der Waals surface area contributed by atoms with E-state index in [1.54, 1.807) is 29.2 Å². The van der Waals surface area contributed by atoms with Gasteiger partial charge in [-0.2, -0.15) is 0 Å². The van der Waals surface area contributed by atoms with Gasteiger partial charge in [-0.1, -0.05) is 42.5 Å². The summed E-state index contributed by atoms with van der Waals surface area (Å²) in [6.07, 6.45) is 1.79. The molecule has 0 bridgehead atoms. The Morgan fingerprint density at radius 1 is 0.875 bits per heavy atom. The Hall–Kier alpha value is -3.80. The number of fused-ring (bicyclic) bond motifs is 1. The van der Waals surface area contributed by atoms with Crippen molar-refractivity contribution in [1.82, 2.24) is 9.80 Å². The summed E-state index contributed by atoms with van der Waals surface area (Å²) in [5, 5.41) is 0. The lowest BCUT2D eigenvalue weighted by atomic mass is 10.0. The Kier molecular flexibility index (Phi) is 5.05. The van der Waals surface area contributed by atoms with Crippen molar-refractivity contribution in [3.8, 4) is 0 Å². The smallest absolute Gasteiger partial charge is 0.261 e. The monoisotopic (exact) mass is 428 g/mol. The molecule has 0 spiro atoms. The minimum Gasteiger partial charge on any atom is -0.331 e. The summed E-state index contributed by atoms with van der Waals surface area (Å²) in [5.41, 5.74) is 2.48. The van der Waals surface area contributed by atoms with Crippen molar-refractivity contribution in [3.05, 3.63) is 106 Å². The maximum Gasteiger partial charge on any atom is 0.261 e. The normalized spacial score (nSPS) is 15.1. The van der Waals surface area contributed by atoms with Crippen molar-refractivity contribution >= 4 is 17.7 Å². The second-order valence-corrected chi connectivity index (χ2v) is 8.24. The topological polar surface area (TPSA) is 57.7 Å². The molecule has 3 aromatic rings. The van der Waals surface area contributed by atoms with Crippen LogP contribution in [0.5, 0.6) is 0 Å². The number of nitrogens with zero attached hydrogens (tertiary/aromatic N) is 2. The minimum absolute atomic E-state index is 0.103. The van der Waals surface area contributed by atoms with Gasteiger partial charge < -0.3 is 4.90 Å². The number of hydrogen-bond acceptors (Lipinski definition) is 3. The first-order chi connectivity index (χ1) is 15.5. The maximum absolute atomic E-state index is 13.6. The van der Waals surface area contributed by atoms with Crippen molar-refractivity contribution in [2.24, 2.45) is 0 Å². The van der Waals surface area contributed by atoms with E-state index in [9.17, 15) is 18.8 Å². The Labute approximate surface area is 185 Å². The lowest BCUT2D eigenvalue weighted by Gasteiger charge is -2.23. The highest BCUT2D eigenvalue weighted by Gasteiger charge is 2.38. The van der Waals surface area contributed by atoms with Gasteiger partial charge >= 0.3 is 0 Å². The number of carbonyl (C=O) groups is 3. The number of rotatable bonds is 6. The molecule has 0 saturated heterocycles. The summed E-state index contributed by atoms with van der Waals surface area (Å²) in [5.74, 6) is -1.31. The van der Waals surface area contributed by atoms with Gasteiger partial charge in [-0.3, -0.25) is 19.3 Å². The molecule has 0 atom stereocenters. The summed E-state index contributed by atoms with van der Waals surface area (Å²) < 4.78 is 13.6. The van der Waals surface area contributed by atoms with Gasteiger partial charge in [-0.25, -0.2) is 4.39 Å². The van der Waals surface area contributed by atoms with Crippen LogP contribution in [-0.2, 0) is 13.1 Å². The second kappa shape index (κ2) is 8.04. The minimum atomic E-state index is -0.397. The highest BCUT2D eigenvalue weighted by molar-refractivity contribution is 6.22. The number of amides is 3. The molecule has 1 saturated carbocycles. The van der Waals surface area contributed by atoms with Gasteiger partial charge in [0.2, 0.25) is 0 Å². The van der Waals surface area contributed by atoms with Crippen LogP contribution in [0.4, 0.5) is 4.39 Å². The Morgan fingerprint density at radius 2 is 1.59 bits per heavy atom. The maximum atomic E-state index is 13.6. The molecule has 3 aromatic carbocycles. The molecule has 5 nitrogen and oxygen atoms in total. The third kappa shape index (κ3) is 3.80. The fourth-order valence-corrected chi connectivity index (χ4v) is 4.08. The van der Waals surface area contributed by atoms with E-state index in [1.807, 2.05) is 30.3 Å². The van der Waals surface area contributed by atoms with Crippen molar-refractivity contribution in [1.29, 1.82) is 0 Å². The molecule has 0 unspecified atom stereocenters. The van der Waals surface area contributed by atoms with E-state index in [0.29, 0.717) is 23.2 Å². The zero-order valence-electron chi connectivity index (χ0n) is 17.3. The van der Waals surface area contributed by atoms with Crippen LogP contribution >= 0.6 is 0 Å². The van der Waals surface area contributed by atoms with Crippen LogP contribution in [0, 0.1) is 5.82 Å². The number of halogens is 1. The largest absolute Gasteiger partial charge is 0.331 e. The van der Waals surface area contributed by atoms with Crippen LogP contribution in [0.15, 0.2) is 72.8 Å². The Bertz CT molecular complexity index is 1220. The van der Waals surface area contributed by atoms with Crippen molar-refractivity contribution in [2.45, 2.75) is 32.0 Å². The summed E-state index contributed by atoms with van der Waals surface area (Å²) in [6.45, 7) is 0.482. The highest BCUT2D eigenvalue weighted by Crippen LogP contribution is 2.31. The molecule has 1 fully saturated rings. The van der Waals surface area contributed by atoms with Crippen LogP contribution < -0.4 is 0 Å². The van der Waals surface area contributed by atoms with Gasteiger partial charge in [-0.05, 0) is 54.3 Å². The molecule has 3 amide bonds. The van der Waals surface area contributed by atoms with E-state index in [0.717, 1.165) is 18.4 Å². The van der Waals surface area contributed by atoms with Crippen LogP contribution in [-0.4, -0.2) is 33.6 Å². The van der Waals surface area contributed by atoms with E-state index in [2.05, 4.69) is 0 Å². The summed E-state index contributed by atoms with van der Waals surface area (Å²) in [6, 6.07) is 20.3. The number of hydrogen-bond donors (Lipinski definition) is 0. The molecule has 0 radical (unpaired) electrons. The molecule has 5 rings (SSSR count). The van der Waals surface area contributed by atoms with E-state index < -0.39 is 5.91 Å². The Morgan fingerprint density at radius 3 is 2.31 bits per heavy atom. The molecule has 160 valence electrons. The van der Waals surface area contributed by atoms with Gasteiger partial charge in [0.15, 0.2) is 0 Å². The average molecular weight is 428 g/mol. The molecular weight excluding hydrogens is 407 g/mol. The van der Waals surface area contributed by atoms with Gasteiger partial charge in [0.1, 0.15) is 5.82 Å². The molecule has 1 aliphatic carbocycles. The lowest BCUT2D eigenvalue weighted by molar-refractivity contribution is 0.0641. The zero-order chi connectivity index (χ0) is 22.2. The molecule has 0 aromatic heterocycles. The molecule has 2 aliphatic rings. The number of imide groups is 1. The number of carbonyl (C=O) groups excluding carboxylic acids is 3. The van der Waals surface area contributed by atoms with Crippen LogP contribution in [0.3, 0.4) is 0 Å². The summed E-state index contributed by atoms with van der Waals surface area (Å²) in [7, 11) is 0. The van der Waals surface area contributed by atoms with Crippen molar-refractivity contribution < 1.29 is 18.8 Å².